The number of aryl methyl sites for hydroxylation is 2. The van der Waals surface area contributed by atoms with E-state index in [-0.39, 0.29) is 11.3 Å². The maximum Gasteiger partial charge on any atom is 0.432 e. The van der Waals surface area contributed by atoms with E-state index in [0.717, 1.165) is 36.6 Å². The van der Waals surface area contributed by atoms with Gasteiger partial charge in [0.25, 0.3) is 0 Å². The van der Waals surface area contributed by atoms with Gasteiger partial charge in [0, 0.05) is 11.1 Å². The van der Waals surface area contributed by atoms with Gasteiger partial charge in [0.1, 0.15) is 5.75 Å². The fraction of sp³-hybridized carbons (Fsp3) is 0.250. The van der Waals surface area contributed by atoms with Crippen LogP contribution in [0.5, 0.6) is 11.5 Å². The molecule has 3 aromatic rings. The predicted octanol–water partition coefficient (Wildman–Crippen LogP) is 7.22. The van der Waals surface area contributed by atoms with Crippen molar-refractivity contribution in [2.24, 2.45) is 0 Å². The van der Waals surface area contributed by atoms with Crippen molar-refractivity contribution in [1.82, 2.24) is 0 Å². The Balaban J connectivity index is 1.74. The molecule has 170 valence electrons. The molecule has 0 bridgehead atoms. The van der Waals surface area contributed by atoms with E-state index in [1.54, 1.807) is 12.1 Å². The average Bonchev–Trinajstić information content (AvgIpc) is 2.75. The molecule has 0 aliphatic heterocycles. The van der Waals surface area contributed by atoms with Gasteiger partial charge in [-0.3, -0.25) is 0 Å². The number of halogens is 6. The highest BCUT2D eigenvalue weighted by Crippen LogP contribution is 2.33. The molecule has 0 fully saturated rings. The average molecular weight is 454 g/mol. The van der Waals surface area contributed by atoms with Crippen molar-refractivity contribution in [3.8, 4) is 22.6 Å². The summed E-state index contributed by atoms with van der Waals surface area (Å²) in [5.74, 6) is -6.63. The minimum Gasteiger partial charge on any atom is -0.480 e. The first-order valence-electron chi connectivity index (χ1n) is 9.84. The standard InChI is InChI=1S/C24H20F6O2/c1-3-4-15-6-8-16(9-7-15)32-24(29,30)13-31-19-12-11-18(22(27)23(19)28)17-10-5-14(2)20(25)21(17)26/h5-12H,3-4,13H2,1-2H3. The van der Waals surface area contributed by atoms with Crippen molar-refractivity contribution in [2.45, 2.75) is 32.8 Å². The van der Waals surface area contributed by atoms with Crippen molar-refractivity contribution in [3.63, 3.8) is 0 Å². The Hall–Kier alpha value is -3.16. The normalized spacial score (nSPS) is 11.5. The van der Waals surface area contributed by atoms with Crippen molar-refractivity contribution in [1.29, 1.82) is 0 Å². The zero-order valence-corrected chi connectivity index (χ0v) is 17.3. The Labute approximate surface area is 181 Å². The Morgan fingerprint density at radius 2 is 1.34 bits per heavy atom. The minimum absolute atomic E-state index is 0.00526. The fourth-order valence-corrected chi connectivity index (χ4v) is 3.08. The highest BCUT2D eigenvalue weighted by Gasteiger charge is 2.34. The molecular formula is C24H20F6O2. The van der Waals surface area contributed by atoms with Crippen LogP contribution >= 0.6 is 0 Å². The lowest BCUT2D eigenvalue weighted by Gasteiger charge is -2.19. The molecule has 3 aromatic carbocycles. The molecule has 0 N–H and O–H groups in total. The molecular weight excluding hydrogens is 434 g/mol. The molecule has 0 saturated heterocycles. The number of alkyl halides is 2. The molecule has 0 aliphatic carbocycles. The summed E-state index contributed by atoms with van der Waals surface area (Å²) in [4.78, 5) is 0. The van der Waals surface area contributed by atoms with E-state index in [0.29, 0.717) is 0 Å². The molecule has 0 spiro atoms. The van der Waals surface area contributed by atoms with Gasteiger partial charge in [-0.1, -0.05) is 37.6 Å². The highest BCUT2D eigenvalue weighted by molar-refractivity contribution is 5.66. The Morgan fingerprint density at radius 1 is 0.750 bits per heavy atom. The summed E-state index contributed by atoms with van der Waals surface area (Å²) in [5, 5.41) is 0. The minimum atomic E-state index is -3.83. The van der Waals surface area contributed by atoms with Gasteiger partial charge < -0.3 is 9.47 Å². The molecule has 3 rings (SSSR count). The second-order valence-corrected chi connectivity index (χ2v) is 7.22. The molecule has 8 heteroatoms. The summed E-state index contributed by atoms with van der Waals surface area (Å²) in [5.41, 5.74) is -0.117. The van der Waals surface area contributed by atoms with Gasteiger partial charge in [-0.2, -0.15) is 13.2 Å². The van der Waals surface area contributed by atoms with Crippen LogP contribution < -0.4 is 9.47 Å². The number of rotatable bonds is 8. The van der Waals surface area contributed by atoms with Crippen LogP contribution in [0.3, 0.4) is 0 Å². The molecule has 0 aliphatic rings. The maximum atomic E-state index is 14.5. The van der Waals surface area contributed by atoms with Crippen molar-refractivity contribution in [2.75, 3.05) is 6.61 Å². The summed E-state index contributed by atoms with van der Waals surface area (Å²) in [6.07, 6.45) is -2.14. The van der Waals surface area contributed by atoms with E-state index >= 15 is 0 Å². The number of ether oxygens (including phenoxy) is 2. The van der Waals surface area contributed by atoms with Crippen LogP contribution in [0.1, 0.15) is 24.5 Å². The van der Waals surface area contributed by atoms with Crippen LogP contribution in [0.25, 0.3) is 11.1 Å². The summed E-state index contributed by atoms with van der Waals surface area (Å²) in [6.45, 7) is 1.91. The van der Waals surface area contributed by atoms with E-state index in [1.807, 2.05) is 6.92 Å². The SMILES string of the molecule is CCCc1ccc(OC(F)(F)COc2ccc(-c3ccc(C)c(F)c3F)c(F)c2F)cc1. The molecule has 0 aromatic heterocycles. The van der Waals surface area contributed by atoms with Crippen molar-refractivity contribution >= 4 is 0 Å². The Kier molecular flexibility index (Phi) is 7.01. The zero-order chi connectivity index (χ0) is 23.5. The third kappa shape index (κ3) is 5.18. The molecule has 0 saturated carbocycles. The van der Waals surface area contributed by atoms with E-state index in [9.17, 15) is 26.3 Å². The van der Waals surface area contributed by atoms with Crippen molar-refractivity contribution in [3.05, 3.63) is 82.9 Å². The molecule has 0 atom stereocenters. The first-order valence-corrected chi connectivity index (χ1v) is 9.84. The van der Waals surface area contributed by atoms with E-state index in [1.165, 1.54) is 25.1 Å². The van der Waals surface area contributed by atoms with Crippen LogP contribution in [0, 0.1) is 30.2 Å². The number of hydrogen-bond donors (Lipinski definition) is 0. The Morgan fingerprint density at radius 3 is 1.97 bits per heavy atom. The summed E-state index contributed by atoms with van der Waals surface area (Å²) in [7, 11) is 0. The smallest absolute Gasteiger partial charge is 0.432 e. The van der Waals surface area contributed by atoms with E-state index in [4.69, 9.17) is 4.74 Å². The lowest BCUT2D eigenvalue weighted by Crippen LogP contribution is -2.32. The van der Waals surface area contributed by atoms with Gasteiger partial charge in [-0.05, 0) is 48.7 Å². The zero-order valence-electron chi connectivity index (χ0n) is 17.3. The van der Waals surface area contributed by atoms with Gasteiger partial charge in [0.15, 0.2) is 29.8 Å². The first-order chi connectivity index (χ1) is 15.1. The van der Waals surface area contributed by atoms with Gasteiger partial charge in [-0.15, -0.1) is 0 Å². The lowest BCUT2D eigenvalue weighted by molar-refractivity contribution is -0.195. The van der Waals surface area contributed by atoms with Gasteiger partial charge in [0.2, 0.25) is 5.82 Å². The van der Waals surface area contributed by atoms with Gasteiger partial charge in [-0.25, -0.2) is 13.2 Å². The highest BCUT2D eigenvalue weighted by atomic mass is 19.3. The second-order valence-electron chi connectivity index (χ2n) is 7.22. The molecule has 0 radical (unpaired) electrons. The second kappa shape index (κ2) is 9.54. The first kappa shape index (κ1) is 23.5. The molecule has 0 unspecified atom stereocenters. The fourth-order valence-electron chi connectivity index (χ4n) is 3.08. The molecule has 32 heavy (non-hydrogen) atoms. The van der Waals surface area contributed by atoms with E-state index in [2.05, 4.69) is 4.74 Å². The summed E-state index contributed by atoms with van der Waals surface area (Å²) < 4.78 is 94.3. The van der Waals surface area contributed by atoms with Crippen LogP contribution in [-0.4, -0.2) is 12.7 Å². The summed E-state index contributed by atoms with van der Waals surface area (Å²) >= 11 is 0. The Bertz CT molecular complexity index is 1100. The lowest BCUT2D eigenvalue weighted by atomic mass is 10.0. The third-order valence-corrected chi connectivity index (χ3v) is 4.74. The monoisotopic (exact) mass is 454 g/mol. The van der Waals surface area contributed by atoms with Crippen LogP contribution in [-0.2, 0) is 6.42 Å². The molecule has 0 heterocycles. The summed E-state index contributed by atoms with van der Waals surface area (Å²) in [6, 6.07) is 10.1. The molecule has 2 nitrogen and oxygen atoms in total. The largest absolute Gasteiger partial charge is 0.480 e. The van der Waals surface area contributed by atoms with E-state index < -0.39 is 52.9 Å². The maximum absolute atomic E-state index is 14.5. The quantitative estimate of drug-likeness (QED) is 0.335. The van der Waals surface area contributed by atoms with Crippen LogP contribution in [0.15, 0.2) is 48.5 Å². The molecule has 0 amide bonds. The number of hydrogen-bond acceptors (Lipinski definition) is 2. The number of benzene rings is 3. The van der Waals surface area contributed by atoms with Crippen LogP contribution in [0.4, 0.5) is 26.3 Å². The van der Waals surface area contributed by atoms with Gasteiger partial charge in [0.05, 0.1) is 0 Å². The van der Waals surface area contributed by atoms with Crippen molar-refractivity contribution < 1.29 is 35.8 Å². The van der Waals surface area contributed by atoms with Gasteiger partial charge >= 0.3 is 6.11 Å². The van der Waals surface area contributed by atoms with Crippen LogP contribution in [0.2, 0.25) is 0 Å². The predicted molar refractivity (Wildman–Crippen MR) is 108 cm³/mol. The third-order valence-electron chi connectivity index (χ3n) is 4.74. The topological polar surface area (TPSA) is 18.5 Å².